The van der Waals surface area contributed by atoms with Crippen molar-refractivity contribution in [2.45, 2.75) is 38.1 Å². The van der Waals surface area contributed by atoms with Crippen molar-refractivity contribution in [1.29, 1.82) is 0 Å². The Kier molecular flexibility index (Phi) is 4.80. The van der Waals surface area contributed by atoms with Crippen LogP contribution in [0, 0.1) is 6.92 Å². The number of ether oxygens (including phenoxy) is 2. The van der Waals surface area contributed by atoms with Crippen molar-refractivity contribution in [3.05, 3.63) is 58.3 Å². The summed E-state index contributed by atoms with van der Waals surface area (Å²) in [5.74, 6) is 1.64. The minimum atomic E-state index is -0.0207. The molecule has 0 amide bonds. The van der Waals surface area contributed by atoms with Crippen molar-refractivity contribution < 1.29 is 9.47 Å². The van der Waals surface area contributed by atoms with Crippen molar-refractivity contribution in [2.24, 2.45) is 0 Å². The van der Waals surface area contributed by atoms with Crippen LogP contribution in [-0.2, 0) is 24.8 Å². The molecule has 0 saturated heterocycles. The third-order valence-corrected chi connectivity index (χ3v) is 6.40. The Labute approximate surface area is 172 Å². The fourth-order valence-electron chi connectivity index (χ4n) is 5.03. The fraction of sp³-hybridized carbons (Fsp3) is 0.391. The fourth-order valence-corrected chi connectivity index (χ4v) is 5.03. The number of rotatable bonds is 2. The molecule has 1 spiro atoms. The summed E-state index contributed by atoms with van der Waals surface area (Å²) in [6.07, 6.45) is 4.19. The first-order chi connectivity index (χ1) is 13.1. The van der Waals surface area contributed by atoms with E-state index in [0.29, 0.717) is 0 Å². The molecule has 148 valence electrons. The summed E-state index contributed by atoms with van der Waals surface area (Å²) in [5.41, 5.74) is 8.17. The molecule has 0 bridgehead atoms. The first-order valence-corrected chi connectivity index (χ1v) is 9.74. The molecule has 0 saturated carbocycles. The molecule has 4 nitrogen and oxygen atoms in total. The number of hydrogen-bond donors (Lipinski definition) is 2. The Morgan fingerprint density at radius 2 is 1.71 bits per heavy atom. The van der Waals surface area contributed by atoms with E-state index in [-0.39, 0.29) is 17.9 Å². The zero-order valence-corrected chi connectivity index (χ0v) is 17.5. The van der Waals surface area contributed by atoms with E-state index >= 15 is 0 Å². The SMILES string of the molecule is COc1cc2c(cc1OC)CC1(CC2)NCCc2c1[nH]c1ccc(C)cc21.Cl. The molecule has 2 aliphatic rings. The second-order valence-electron chi connectivity index (χ2n) is 7.94. The quantitative estimate of drug-likeness (QED) is 0.670. The third kappa shape index (κ3) is 2.78. The van der Waals surface area contributed by atoms with Crippen molar-refractivity contribution >= 4 is 23.3 Å². The van der Waals surface area contributed by atoms with Crippen LogP contribution in [0.15, 0.2) is 30.3 Å². The van der Waals surface area contributed by atoms with Gasteiger partial charge in [0.1, 0.15) is 0 Å². The summed E-state index contributed by atoms with van der Waals surface area (Å²) in [7, 11) is 3.41. The van der Waals surface area contributed by atoms with Crippen molar-refractivity contribution in [1.82, 2.24) is 10.3 Å². The predicted octanol–water partition coefficient (Wildman–Crippen LogP) is 4.45. The summed E-state index contributed by atoms with van der Waals surface area (Å²) in [5, 5.41) is 5.26. The van der Waals surface area contributed by atoms with Crippen molar-refractivity contribution in [2.75, 3.05) is 20.8 Å². The second kappa shape index (κ2) is 7.02. The topological polar surface area (TPSA) is 46.3 Å². The Morgan fingerprint density at radius 3 is 2.46 bits per heavy atom. The van der Waals surface area contributed by atoms with Crippen LogP contribution in [0.1, 0.15) is 34.4 Å². The Morgan fingerprint density at radius 1 is 0.964 bits per heavy atom. The van der Waals surface area contributed by atoms with Crippen LogP contribution < -0.4 is 14.8 Å². The van der Waals surface area contributed by atoms with Gasteiger partial charge in [0.2, 0.25) is 0 Å². The molecule has 28 heavy (non-hydrogen) atoms. The van der Waals surface area contributed by atoms with Gasteiger partial charge in [-0.1, -0.05) is 11.6 Å². The molecule has 2 N–H and O–H groups in total. The standard InChI is InChI=1S/C23H26N2O2.ClH/c1-14-4-5-19-18(10-14)17-7-9-24-23(22(17)25-19)8-6-15-11-20(26-2)21(27-3)12-16(15)13-23;/h4-5,10-12,24-25H,6-9,13H2,1-3H3;1H. The van der Waals surface area contributed by atoms with Crippen LogP contribution in [0.2, 0.25) is 0 Å². The van der Waals surface area contributed by atoms with Crippen LogP contribution >= 0.6 is 12.4 Å². The number of benzene rings is 2. The van der Waals surface area contributed by atoms with Crippen LogP contribution in [0.4, 0.5) is 0 Å². The highest BCUT2D eigenvalue weighted by Crippen LogP contribution is 2.44. The summed E-state index contributed by atoms with van der Waals surface area (Å²) >= 11 is 0. The third-order valence-electron chi connectivity index (χ3n) is 6.40. The number of nitrogens with one attached hydrogen (secondary N) is 2. The van der Waals surface area contributed by atoms with E-state index in [1.807, 2.05) is 0 Å². The lowest BCUT2D eigenvalue weighted by Gasteiger charge is -2.42. The molecule has 0 radical (unpaired) electrons. The second-order valence-corrected chi connectivity index (χ2v) is 7.94. The minimum absolute atomic E-state index is 0. The van der Waals surface area contributed by atoms with Gasteiger partial charge in [-0.2, -0.15) is 0 Å². The van der Waals surface area contributed by atoms with E-state index in [2.05, 4.69) is 47.6 Å². The first-order valence-electron chi connectivity index (χ1n) is 9.74. The molecular formula is C23H27ClN2O2. The number of H-pyrrole nitrogens is 1. The maximum atomic E-state index is 5.56. The normalized spacial score (nSPS) is 20.4. The van der Waals surface area contributed by atoms with Gasteiger partial charge in [0.05, 0.1) is 19.8 Å². The molecule has 2 heterocycles. The van der Waals surface area contributed by atoms with Gasteiger partial charge in [0, 0.05) is 23.1 Å². The summed E-state index contributed by atoms with van der Waals surface area (Å²) < 4.78 is 11.1. The molecule has 5 heteroatoms. The molecule has 1 unspecified atom stereocenters. The van der Waals surface area contributed by atoms with E-state index in [1.165, 1.54) is 38.9 Å². The van der Waals surface area contributed by atoms with E-state index in [0.717, 1.165) is 43.7 Å². The summed E-state index contributed by atoms with van der Waals surface area (Å²) in [6.45, 7) is 3.20. The van der Waals surface area contributed by atoms with Gasteiger partial charge in [-0.3, -0.25) is 0 Å². The number of halogens is 1. The summed E-state index contributed by atoms with van der Waals surface area (Å²) in [4.78, 5) is 3.77. The van der Waals surface area contributed by atoms with E-state index in [1.54, 1.807) is 14.2 Å². The highest BCUT2D eigenvalue weighted by atomic mass is 35.5. The maximum Gasteiger partial charge on any atom is 0.161 e. The lowest BCUT2D eigenvalue weighted by atomic mass is 9.73. The predicted molar refractivity (Wildman–Crippen MR) is 115 cm³/mol. The molecular weight excluding hydrogens is 372 g/mol. The number of aryl methyl sites for hydroxylation is 2. The average Bonchev–Trinajstić information content (AvgIpc) is 3.06. The number of methoxy groups -OCH3 is 2. The van der Waals surface area contributed by atoms with Gasteiger partial charge >= 0.3 is 0 Å². The molecule has 5 rings (SSSR count). The molecule has 1 aromatic heterocycles. The molecule has 1 atom stereocenters. The van der Waals surface area contributed by atoms with E-state index in [4.69, 9.17) is 9.47 Å². The molecule has 1 aliphatic heterocycles. The van der Waals surface area contributed by atoms with Crippen LogP contribution in [0.5, 0.6) is 11.5 Å². The monoisotopic (exact) mass is 398 g/mol. The molecule has 2 aromatic carbocycles. The largest absolute Gasteiger partial charge is 0.493 e. The van der Waals surface area contributed by atoms with E-state index < -0.39 is 0 Å². The number of hydrogen-bond acceptors (Lipinski definition) is 3. The molecule has 3 aromatic rings. The zero-order valence-electron chi connectivity index (χ0n) is 16.6. The average molecular weight is 399 g/mol. The van der Waals surface area contributed by atoms with Gasteiger partial charge in [0.15, 0.2) is 11.5 Å². The highest BCUT2D eigenvalue weighted by molar-refractivity contribution is 5.86. The first kappa shape index (κ1) is 19.2. The Bertz CT molecular complexity index is 1040. The van der Waals surface area contributed by atoms with Crippen LogP contribution in [-0.4, -0.2) is 25.7 Å². The Balaban J connectivity index is 0.00000192. The number of fused-ring (bicyclic) bond motifs is 5. The van der Waals surface area contributed by atoms with Crippen LogP contribution in [0.25, 0.3) is 10.9 Å². The highest BCUT2D eigenvalue weighted by Gasteiger charge is 2.41. The van der Waals surface area contributed by atoms with Gasteiger partial charge in [0.25, 0.3) is 0 Å². The smallest absolute Gasteiger partial charge is 0.161 e. The van der Waals surface area contributed by atoms with E-state index in [9.17, 15) is 0 Å². The minimum Gasteiger partial charge on any atom is -0.493 e. The van der Waals surface area contributed by atoms with Gasteiger partial charge in [-0.25, -0.2) is 0 Å². The summed E-state index contributed by atoms with van der Waals surface area (Å²) in [6, 6.07) is 11.1. The van der Waals surface area contributed by atoms with Gasteiger partial charge in [-0.05, 0) is 73.6 Å². The lowest BCUT2D eigenvalue weighted by molar-refractivity contribution is 0.269. The Hall–Kier alpha value is -2.17. The number of aromatic amines is 1. The number of aromatic nitrogens is 1. The molecule has 1 aliphatic carbocycles. The van der Waals surface area contributed by atoms with Crippen molar-refractivity contribution in [3.63, 3.8) is 0 Å². The molecule has 0 fully saturated rings. The van der Waals surface area contributed by atoms with Crippen LogP contribution in [0.3, 0.4) is 0 Å². The lowest BCUT2D eigenvalue weighted by Crippen LogP contribution is -2.51. The van der Waals surface area contributed by atoms with Crippen molar-refractivity contribution in [3.8, 4) is 11.5 Å². The van der Waals surface area contributed by atoms with Gasteiger partial charge < -0.3 is 19.8 Å². The zero-order chi connectivity index (χ0) is 18.6. The maximum absolute atomic E-state index is 5.56. The van der Waals surface area contributed by atoms with Gasteiger partial charge in [-0.15, -0.1) is 12.4 Å².